The van der Waals surface area contributed by atoms with E-state index in [9.17, 15) is 0 Å². The van der Waals surface area contributed by atoms with Crippen LogP contribution in [-0.2, 0) is 11.2 Å². The van der Waals surface area contributed by atoms with Crippen molar-refractivity contribution in [2.75, 3.05) is 14.2 Å². The molecule has 0 saturated carbocycles. The zero-order chi connectivity index (χ0) is 10.1. The molecule has 2 N–H and O–H groups in total. The van der Waals surface area contributed by atoms with Crippen molar-refractivity contribution in [3.8, 4) is 0 Å². The Balaban J connectivity index is 2.34. The lowest BCUT2D eigenvalue weighted by Crippen LogP contribution is -2.40. The van der Waals surface area contributed by atoms with Gasteiger partial charge < -0.3 is 4.74 Å². The van der Waals surface area contributed by atoms with E-state index in [4.69, 9.17) is 10.6 Å². The Morgan fingerprint density at radius 1 is 1.43 bits per heavy atom. The number of likely N-dealkylation sites (N-methyl/N-ethyl adjacent to an activating group) is 1. The van der Waals surface area contributed by atoms with Crippen LogP contribution in [0.5, 0.6) is 0 Å². The fourth-order valence-corrected chi connectivity index (χ4v) is 2.18. The minimum atomic E-state index is 0.112. The summed E-state index contributed by atoms with van der Waals surface area (Å²) in [6, 6.07) is 8.63. The predicted molar refractivity (Wildman–Crippen MR) is 55.6 cm³/mol. The topological polar surface area (TPSA) is 38.5 Å². The third kappa shape index (κ3) is 1.43. The van der Waals surface area contributed by atoms with E-state index in [1.54, 1.807) is 12.1 Å². The number of rotatable bonds is 2. The van der Waals surface area contributed by atoms with Crippen molar-refractivity contribution >= 4 is 0 Å². The fraction of sp³-hybridized carbons (Fsp3) is 0.455. The van der Waals surface area contributed by atoms with Gasteiger partial charge in [0, 0.05) is 14.2 Å². The maximum atomic E-state index is 5.80. The zero-order valence-corrected chi connectivity index (χ0v) is 8.60. The van der Waals surface area contributed by atoms with Gasteiger partial charge >= 0.3 is 0 Å². The maximum absolute atomic E-state index is 5.80. The van der Waals surface area contributed by atoms with Crippen molar-refractivity contribution in [3.05, 3.63) is 35.4 Å². The molecule has 0 radical (unpaired) electrons. The van der Waals surface area contributed by atoms with Crippen molar-refractivity contribution in [3.63, 3.8) is 0 Å². The number of nitrogens with zero attached hydrogens (tertiary/aromatic N) is 1. The Kier molecular flexibility index (Phi) is 2.54. The smallest absolute Gasteiger partial charge is 0.0995 e. The highest BCUT2D eigenvalue weighted by Gasteiger charge is 2.33. The van der Waals surface area contributed by atoms with Crippen LogP contribution in [0, 0.1) is 0 Å². The van der Waals surface area contributed by atoms with E-state index in [-0.39, 0.29) is 12.1 Å². The molecule has 0 spiro atoms. The number of benzene rings is 1. The molecule has 0 bridgehead atoms. The van der Waals surface area contributed by atoms with E-state index in [0.717, 1.165) is 6.42 Å². The van der Waals surface area contributed by atoms with Crippen LogP contribution in [0.3, 0.4) is 0 Å². The molecule has 2 rings (SSSR count). The lowest BCUT2D eigenvalue weighted by molar-refractivity contribution is 0.0336. The summed E-state index contributed by atoms with van der Waals surface area (Å²) in [5.41, 5.74) is 2.62. The number of hydrazine groups is 1. The summed E-state index contributed by atoms with van der Waals surface area (Å²) < 4.78 is 5.49. The fourth-order valence-electron chi connectivity index (χ4n) is 2.18. The van der Waals surface area contributed by atoms with Gasteiger partial charge in [0.15, 0.2) is 0 Å². The highest BCUT2D eigenvalue weighted by Crippen LogP contribution is 2.35. The highest BCUT2D eigenvalue weighted by molar-refractivity contribution is 5.36. The van der Waals surface area contributed by atoms with Gasteiger partial charge in [-0.25, -0.2) is 5.01 Å². The number of hydrogen-bond acceptors (Lipinski definition) is 3. The predicted octanol–water partition coefficient (Wildman–Crippen LogP) is 1.10. The van der Waals surface area contributed by atoms with Gasteiger partial charge in [0.25, 0.3) is 0 Å². The van der Waals surface area contributed by atoms with E-state index in [1.165, 1.54) is 11.1 Å². The van der Waals surface area contributed by atoms with Crippen LogP contribution < -0.4 is 5.84 Å². The molecular weight excluding hydrogens is 176 g/mol. The Morgan fingerprint density at radius 3 is 2.79 bits per heavy atom. The van der Waals surface area contributed by atoms with Gasteiger partial charge in [-0.05, 0) is 17.5 Å². The molecule has 14 heavy (non-hydrogen) atoms. The second-order valence-corrected chi connectivity index (χ2v) is 3.79. The van der Waals surface area contributed by atoms with Crippen LogP contribution in [0.25, 0.3) is 0 Å². The van der Waals surface area contributed by atoms with Crippen molar-refractivity contribution in [1.29, 1.82) is 0 Å². The molecule has 0 aliphatic heterocycles. The number of hydrogen-bond donors (Lipinski definition) is 1. The van der Waals surface area contributed by atoms with Crippen molar-refractivity contribution < 1.29 is 4.74 Å². The van der Waals surface area contributed by atoms with Crippen LogP contribution in [0.15, 0.2) is 24.3 Å². The van der Waals surface area contributed by atoms with E-state index < -0.39 is 0 Å². The summed E-state index contributed by atoms with van der Waals surface area (Å²) in [5.74, 6) is 5.80. The first-order valence-electron chi connectivity index (χ1n) is 4.82. The van der Waals surface area contributed by atoms with E-state index in [1.807, 2.05) is 13.1 Å². The van der Waals surface area contributed by atoms with Gasteiger partial charge in [-0.2, -0.15) is 0 Å². The van der Waals surface area contributed by atoms with Crippen LogP contribution in [-0.4, -0.2) is 25.2 Å². The molecule has 0 saturated heterocycles. The van der Waals surface area contributed by atoms with Crippen molar-refractivity contribution in [2.24, 2.45) is 5.84 Å². The molecule has 0 heterocycles. The molecule has 0 aromatic heterocycles. The van der Waals surface area contributed by atoms with Crippen molar-refractivity contribution in [1.82, 2.24) is 5.01 Å². The first kappa shape index (κ1) is 9.65. The van der Waals surface area contributed by atoms with E-state index in [2.05, 4.69) is 18.2 Å². The maximum Gasteiger partial charge on any atom is 0.0995 e. The largest absolute Gasteiger partial charge is 0.375 e. The third-order valence-electron chi connectivity index (χ3n) is 2.92. The van der Waals surface area contributed by atoms with Crippen LogP contribution in [0.4, 0.5) is 0 Å². The molecule has 0 amide bonds. The Bertz CT molecular complexity index is 325. The zero-order valence-electron chi connectivity index (χ0n) is 8.60. The van der Waals surface area contributed by atoms with Crippen LogP contribution >= 0.6 is 0 Å². The molecule has 1 aromatic carbocycles. The number of methoxy groups -OCH3 is 1. The summed E-state index contributed by atoms with van der Waals surface area (Å²) in [4.78, 5) is 0. The Hall–Kier alpha value is -0.900. The second-order valence-electron chi connectivity index (χ2n) is 3.79. The Morgan fingerprint density at radius 2 is 2.14 bits per heavy atom. The minimum absolute atomic E-state index is 0.112. The average molecular weight is 192 g/mol. The monoisotopic (exact) mass is 192 g/mol. The standard InChI is InChI=1S/C11H16N2O/c1-13(12)10-7-8-5-3-4-6-9(8)11(10)14-2/h3-6,10-11H,7,12H2,1-2H3. The van der Waals surface area contributed by atoms with Gasteiger partial charge in [-0.3, -0.25) is 5.84 Å². The molecule has 3 nitrogen and oxygen atoms in total. The molecule has 1 aliphatic rings. The summed E-state index contributed by atoms with van der Waals surface area (Å²) in [6.45, 7) is 0. The molecule has 76 valence electrons. The highest BCUT2D eigenvalue weighted by atomic mass is 16.5. The number of ether oxygens (including phenoxy) is 1. The van der Waals surface area contributed by atoms with Crippen molar-refractivity contribution in [2.45, 2.75) is 18.6 Å². The summed E-state index contributed by atoms with van der Waals surface area (Å²) >= 11 is 0. The first-order chi connectivity index (χ1) is 6.74. The molecule has 0 fully saturated rings. The quantitative estimate of drug-likeness (QED) is 0.563. The lowest BCUT2D eigenvalue weighted by Gasteiger charge is -2.24. The SMILES string of the molecule is COC1c2ccccc2CC1N(C)N. The molecule has 3 heteroatoms. The minimum Gasteiger partial charge on any atom is -0.375 e. The van der Waals surface area contributed by atoms with E-state index in [0.29, 0.717) is 0 Å². The third-order valence-corrected chi connectivity index (χ3v) is 2.92. The van der Waals surface area contributed by atoms with Crippen LogP contribution in [0.1, 0.15) is 17.2 Å². The molecule has 1 aliphatic carbocycles. The lowest BCUT2D eigenvalue weighted by atomic mass is 10.1. The van der Waals surface area contributed by atoms with E-state index >= 15 is 0 Å². The summed E-state index contributed by atoms with van der Waals surface area (Å²) in [6.07, 6.45) is 1.09. The summed E-state index contributed by atoms with van der Waals surface area (Å²) in [5, 5.41) is 1.74. The Labute approximate surface area is 84.4 Å². The molecule has 2 atom stereocenters. The van der Waals surface area contributed by atoms with Gasteiger partial charge in [0.05, 0.1) is 12.1 Å². The van der Waals surface area contributed by atoms with Crippen LogP contribution in [0.2, 0.25) is 0 Å². The first-order valence-corrected chi connectivity index (χ1v) is 4.82. The van der Waals surface area contributed by atoms with Gasteiger partial charge in [-0.1, -0.05) is 24.3 Å². The number of nitrogens with two attached hydrogens (primary N) is 1. The molecular formula is C11H16N2O. The number of fused-ring (bicyclic) bond motifs is 1. The average Bonchev–Trinajstić information content (AvgIpc) is 2.56. The second kappa shape index (κ2) is 3.69. The normalized spacial score (nSPS) is 25.4. The molecule has 1 aromatic rings. The molecule has 2 unspecified atom stereocenters. The van der Waals surface area contributed by atoms with Gasteiger partial charge in [0.2, 0.25) is 0 Å². The van der Waals surface area contributed by atoms with Gasteiger partial charge in [0.1, 0.15) is 0 Å². The van der Waals surface area contributed by atoms with Gasteiger partial charge in [-0.15, -0.1) is 0 Å². The summed E-state index contributed by atoms with van der Waals surface area (Å²) in [7, 11) is 3.63.